The summed E-state index contributed by atoms with van der Waals surface area (Å²) in [5.41, 5.74) is 15.4. The fourth-order valence-corrected chi connectivity index (χ4v) is 8.38. The van der Waals surface area contributed by atoms with Gasteiger partial charge in [0.25, 0.3) is 0 Å². The van der Waals surface area contributed by atoms with Gasteiger partial charge in [-0.05, 0) is 104 Å². The van der Waals surface area contributed by atoms with Gasteiger partial charge in [0, 0.05) is 27.6 Å². The molecule has 0 fully saturated rings. The highest BCUT2D eigenvalue weighted by Gasteiger charge is 2.18. The van der Waals surface area contributed by atoms with Gasteiger partial charge >= 0.3 is 0 Å². The highest BCUT2D eigenvalue weighted by atomic mass is 16.3. The van der Waals surface area contributed by atoms with Crippen LogP contribution >= 0.6 is 0 Å². The summed E-state index contributed by atoms with van der Waals surface area (Å²) in [5.74, 6) is 0.613. The fraction of sp³-hybridized carbons (Fsp3) is 0. The van der Waals surface area contributed by atoms with Crippen LogP contribution in [0, 0.1) is 0 Å². The van der Waals surface area contributed by atoms with Crippen molar-refractivity contribution in [3.8, 4) is 61.6 Å². The first-order valence-corrected chi connectivity index (χ1v) is 19.0. The molecule has 3 heteroatoms. The normalized spacial score (nSPS) is 11.6. The van der Waals surface area contributed by atoms with Crippen LogP contribution in [0.15, 0.2) is 211 Å². The number of oxazole rings is 1. The van der Waals surface area contributed by atoms with Crippen molar-refractivity contribution in [2.75, 3.05) is 0 Å². The molecule has 262 valence electrons. The number of benzene rings is 9. The topological polar surface area (TPSA) is 31.0 Å². The zero-order chi connectivity index (χ0) is 37.0. The summed E-state index contributed by atoms with van der Waals surface area (Å²) in [6, 6.07) is 73.5. The molecule has 3 nitrogen and oxygen atoms in total. The Labute approximate surface area is 324 Å². The van der Waals surface area contributed by atoms with E-state index in [2.05, 4.69) is 205 Å². The Kier molecular flexibility index (Phi) is 7.49. The van der Waals surface area contributed by atoms with E-state index >= 15 is 0 Å². The van der Waals surface area contributed by atoms with Crippen LogP contribution in [0.2, 0.25) is 0 Å². The summed E-state index contributed by atoms with van der Waals surface area (Å²) < 4.78 is 8.89. The molecule has 0 atom stereocenters. The SMILES string of the molecule is c1ccc(-n2c3ccccc3c3cc(-c4ccccc4-c4ccccc4-c4ccc(-c5nc6cccc(-c7ccc8ccccc8c7)c6o5)cc4)ccc32)cc1. The molecular formula is C53H34N2O. The van der Waals surface area contributed by atoms with Gasteiger partial charge in [-0.15, -0.1) is 0 Å². The molecule has 11 aromatic rings. The summed E-state index contributed by atoms with van der Waals surface area (Å²) in [5, 5.41) is 4.91. The highest BCUT2D eigenvalue weighted by molar-refractivity contribution is 6.11. The lowest BCUT2D eigenvalue weighted by Gasteiger charge is -2.15. The minimum atomic E-state index is 0.613. The first-order chi connectivity index (χ1) is 27.8. The second kappa shape index (κ2) is 13.1. The Hall–Kier alpha value is -7.49. The van der Waals surface area contributed by atoms with Crippen molar-refractivity contribution in [1.29, 1.82) is 0 Å². The third-order valence-electron chi connectivity index (χ3n) is 11.1. The molecule has 2 aromatic heterocycles. The van der Waals surface area contributed by atoms with E-state index in [1.807, 2.05) is 6.07 Å². The lowest BCUT2D eigenvalue weighted by molar-refractivity contribution is 0.621. The molecule has 9 aromatic carbocycles. The summed E-state index contributed by atoms with van der Waals surface area (Å²) in [7, 11) is 0. The second-order valence-corrected chi connectivity index (χ2v) is 14.3. The van der Waals surface area contributed by atoms with E-state index in [1.54, 1.807) is 0 Å². The van der Waals surface area contributed by atoms with E-state index in [1.165, 1.54) is 60.4 Å². The van der Waals surface area contributed by atoms with Crippen LogP contribution in [-0.4, -0.2) is 9.55 Å². The third-order valence-corrected chi connectivity index (χ3v) is 11.1. The maximum absolute atomic E-state index is 6.53. The van der Waals surface area contributed by atoms with Crippen molar-refractivity contribution in [2.45, 2.75) is 0 Å². The molecule has 0 aliphatic heterocycles. The average molecular weight is 715 g/mol. The number of hydrogen-bond donors (Lipinski definition) is 0. The Morgan fingerprint density at radius 2 is 0.929 bits per heavy atom. The van der Waals surface area contributed by atoms with E-state index in [9.17, 15) is 0 Å². The van der Waals surface area contributed by atoms with Gasteiger partial charge in [0.05, 0.1) is 11.0 Å². The molecule has 0 amide bonds. The molecule has 11 rings (SSSR count). The van der Waals surface area contributed by atoms with Crippen molar-refractivity contribution in [3.63, 3.8) is 0 Å². The maximum atomic E-state index is 6.53. The van der Waals surface area contributed by atoms with E-state index in [-0.39, 0.29) is 0 Å². The van der Waals surface area contributed by atoms with E-state index in [0.29, 0.717) is 5.89 Å². The predicted molar refractivity (Wildman–Crippen MR) is 233 cm³/mol. The van der Waals surface area contributed by atoms with Gasteiger partial charge in [-0.3, -0.25) is 0 Å². The monoisotopic (exact) mass is 714 g/mol. The molecule has 0 unspecified atom stereocenters. The predicted octanol–water partition coefficient (Wildman–Crippen LogP) is 14.4. The number of para-hydroxylation sites is 3. The third kappa shape index (κ3) is 5.32. The van der Waals surface area contributed by atoms with Gasteiger partial charge in [0.15, 0.2) is 5.58 Å². The van der Waals surface area contributed by atoms with Crippen molar-refractivity contribution in [3.05, 3.63) is 206 Å². The average Bonchev–Trinajstić information content (AvgIpc) is 3.86. The largest absolute Gasteiger partial charge is 0.435 e. The summed E-state index contributed by atoms with van der Waals surface area (Å²) >= 11 is 0. The van der Waals surface area contributed by atoms with Crippen LogP contribution in [0.1, 0.15) is 0 Å². The Balaban J connectivity index is 0.963. The van der Waals surface area contributed by atoms with Crippen LogP contribution in [-0.2, 0) is 0 Å². The molecule has 56 heavy (non-hydrogen) atoms. The van der Waals surface area contributed by atoms with E-state index < -0.39 is 0 Å². The van der Waals surface area contributed by atoms with Crippen LogP contribution < -0.4 is 0 Å². The quantitative estimate of drug-likeness (QED) is 0.172. The Morgan fingerprint density at radius 1 is 0.357 bits per heavy atom. The molecule has 0 aliphatic carbocycles. The van der Waals surface area contributed by atoms with Gasteiger partial charge in [-0.2, -0.15) is 0 Å². The maximum Gasteiger partial charge on any atom is 0.227 e. The van der Waals surface area contributed by atoms with Crippen LogP contribution in [0.3, 0.4) is 0 Å². The standard InChI is InChI=1S/C53H34N2O/c1-2-15-41(16-3-1)55-50-24-11-10-21-47(50)48-34-40(31-32-51(48)55)43-18-7-9-20-46(43)45-19-8-6-17-42(45)36-26-28-37(29-27-36)53-54-49-23-12-22-44(52(49)56-53)39-30-25-35-13-4-5-14-38(35)33-39/h1-34H. The lowest BCUT2D eigenvalue weighted by Crippen LogP contribution is -1.93. The van der Waals surface area contributed by atoms with Crippen molar-refractivity contribution < 1.29 is 4.42 Å². The zero-order valence-electron chi connectivity index (χ0n) is 30.4. The lowest BCUT2D eigenvalue weighted by atomic mass is 9.89. The molecule has 0 saturated heterocycles. The van der Waals surface area contributed by atoms with Crippen LogP contribution in [0.25, 0.3) is 105 Å². The number of rotatable bonds is 6. The summed E-state index contributed by atoms with van der Waals surface area (Å²) in [6.45, 7) is 0. The van der Waals surface area contributed by atoms with Gasteiger partial charge in [-0.25, -0.2) is 4.98 Å². The Morgan fingerprint density at radius 3 is 1.73 bits per heavy atom. The number of hydrogen-bond acceptors (Lipinski definition) is 2. The number of fused-ring (bicyclic) bond motifs is 5. The second-order valence-electron chi connectivity index (χ2n) is 14.3. The molecule has 0 radical (unpaired) electrons. The smallest absolute Gasteiger partial charge is 0.227 e. The van der Waals surface area contributed by atoms with Gasteiger partial charge in [0.1, 0.15) is 5.52 Å². The van der Waals surface area contributed by atoms with Gasteiger partial charge < -0.3 is 8.98 Å². The minimum Gasteiger partial charge on any atom is -0.435 e. The van der Waals surface area contributed by atoms with Crippen molar-refractivity contribution >= 4 is 43.7 Å². The zero-order valence-corrected chi connectivity index (χ0v) is 30.4. The van der Waals surface area contributed by atoms with Gasteiger partial charge in [-0.1, -0.05) is 152 Å². The van der Waals surface area contributed by atoms with Crippen molar-refractivity contribution in [2.24, 2.45) is 0 Å². The van der Waals surface area contributed by atoms with Crippen LogP contribution in [0.4, 0.5) is 0 Å². The first kappa shape index (κ1) is 32.0. The Bertz CT molecular complexity index is 3240. The number of nitrogens with zero attached hydrogens (tertiary/aromatic N) is 2. The molecular weight excluding hydrogens is 681 g/mol. The molecule has 0 N–H and O–H groups in total. The number of aromatic nitrogens is 2. The van der Waals surface area contributed by atoms with E-state index in [4.69, 9.17) is 9.40 Å². The van der Waals surface area contributed by atoms with E-state index in [0.717, 1.165) is 39.0 Å². The van der Waals surface area contributed by atoms with Crippen molar-refractivity contribution in [1.82, 2.24) is 9.55 Å². The molecule has 2 heterocycles. The molecule has 0 bridgehead atoms. The molecule has 0 saturated carbocycles. The summed E-state index contributed by atoms with van der Waals surface area (Å²) in [6.07, 6.45) is 0. The first-order valence-electron chi connectivity index (χ1n) is 19.0. The summed E-state index contributed by atoms with van der Waals surface area (Å²) in [4.78, 5) is 4.94. The minimum absolute atomic E-state index is 0.613. The van der Waals surface area contributed by atoms with Gasteiger partial charge in [0.2, 0.25) is 5.89 Å². The fourth-order valence-electron chi connectivity index (χ4n) is 8.38. The van der Waals surface area contributed by atoms with Crippen LogP contribution in [0.5, 0.6) is 0 Å². The highest BCUT2D eigenvalue weighted by Crippen LogP contribution is 2.41. The molecule has 0 aliphatic rings. The molecule has 0 spiro atoms.